The van der Waals surface area contributed by atoms with E-state index in [0.29, 0.717) is 54.7 Å². The summed E-state index contributed by atoms with van der Waals surface area (Å²) in [5.74, 6) is -0.533. The van der Waals surface area contributed by atoms with Gasteiger partial charge in [0.2, 0.25) is 0 Å². The molecule has 16 heteroatoms. The van der Waals surface area contributed by atoms with E-state index in [9.17, 15) is 9.90 Å². The number of fused-ring (bicyclic) bond motifs is 6. The smallest absolute Gasteiger partial charge is 0.162 e. The first-order chi connectivity index (χ1) is 37.3. The fraction of sp³-hybridized carbons (Fsp3) is 0.361. The highest BCUT2D eigenvalue weighted by Crippen LogP contribution is 2.49. The average Bonchev–Trinajstić information content (AvgIpc) is 4.24. The predicted octanol–water partition coefficient (Wildman–Crippen LogP) is 11.7. The molecular formula is C61H62F2N10O4. The lowest BCUT2D eigenvalue weighted by atomic mass is 9.86. The number of hydrogen-bond acceptors (Lipinski definition) is 10. The van der Waals surface area contributed by atoms with E-state index < -0.39 is 11.4 Å². The van der Waals surface area contributed by atoms with Crippen LogP contribution in [0, 0.1) is 43.2 Å². The van der Waals surface area contributed by atoms with Gasteiger partial charge in [-0.2, -0.15) is 0 Å². The van der Waals surface area contributed by atoms with Crippen molar-refractivity contribution in [2.24, 2.45) is 31.8 Å². The molecule has 1 saturated carbocycles. The maximum atomic E-state index is 15.8. The first-order valence-corrected chi connectivity index (χ1v) is 26.8. The molecule has 14 nitrogen and oxygen atoms in total. The summed E-state index contributed by atoms with van der Waals surface area (Å²) in [5.41, 5.74) is 11.7. The van der Waals surface area contributed by atoms with Crippen LogP contribution in [0.4, 0.5) is 8.78 Å². The molecule has 2 saturated heterocycles. The minimum atomic E-state index is -1.23. The summed E-state index contributed by atoms with van der Waals surface area (Å²) < 4.78 is 50.5. The van der Waals surface area contributed by atoms with E-state index in [1.165, 1.54) is 18.6 Å². The second-order valence-corrected chi connectivity index (χ2v) is 21.5. The third-order valence-corrected chi connectivity index (χ3v) is 16.6. The largest absolute Gasteiger partial charge is 0.385 e. The summed E-state index contributed by atoms with van der Waals surface area (Å²) in [6, 6.07) is 31.7. The van der Waals surface area contributed by atoms with Crippen LogP contribution in [0.5, 0.6) is 0 Å². The number of carbonyl (C=O) groups is 1. The van der Waals surface area contributed by atoms with Gasteiger partial charge in [0.25, 0.3) is 0 Å². The first-order valence-electron chi connectivity index (χ1n) is 26.8. The van der Waals surface area contributed by atoms with Crippen molar-refractivity contribution in [2.45, 2.75) is 83.9 Å². The fourth-order valence-corrected chi connectivity index (χ4v) is 12.6. The number of aromatic nitrogens is 10. The number of nitrogens with zero attached hydrogens (tertiary/aromatic N) is 10. The molecule has 1 N–H and O–H groups in total. The number of benzene rings is 4. The molecule has 2 aliphatic heterocycles. The van der Waals surface area contributed by atoms with Crippen molar-refractivity contribution in [2.75, 3.05) is 26.4 Å². The van der Waals surface area contributed by atoms with Gasteiger partial charge in [-0.25, -0.2) is 18.1 Å². The first kappa shape index (κ1) is 50.3. The molecule has 8 heterocycles. The number of carbonyl (C=O) groups excluding carboxylic acids is 1. The second-order valence-electron chi connectivity index (χ2n) is 21.5. The van der Waals surface area contributed by atoms with Gasteiger partial charge in [-0.3, -0.25) is 14.8 Å². The van der Waals surface area contributed by atoms with Gasteiger partial charge < -0.3 is 23.7 Å². The Kier molecular flexibility index (Phi) is 13.1. The maximum absolute atomic E-state index is 15.8. The molecule has 10 aromatic rings. The summed E-state index contributed by atoms with van der Waals surface area (Å²) >= 11 is 0. The number of Topliss-reactive ketones (excluding diaryl/α,β-unsaturated/α-hetero) is 1. The van der Waals surface area contributed by atoms with E-state index in [1.807, 2.05) is 64.5 Å². The van der Waals surface area contributed by atoms with Crippen molar-refractivity contribution in [3.63, 3.8) is 0 Å². The molecule has 3 aliphatic rings. The number of rotatable bonds is 11. The highest BCUT2D eigenvalue weighted by Gasteiger charge is 2.43. The van der Waals surface area contributed by atoms with Crippen LogP contribution in [-0.4, -0.2) is 86.4 Å². The summed E-state index contributed by atoms with van der Waals surface area (Å²) in [7, 11) is 3.74. The van der Waals surface area contributed by atoms with Gasteiger partial charge in [-0.1, -0.05) is 71.1 Å². The molecule has 77 heavy (non-hydrogen) atoms. The predicted molar refractivity (Wildman–Crippen MR) is 292 cm³/mol. The SMILES string of the molecule is CC(=O)c1cc2c(cc1F)c1ncc(-c3c(C)nnn3C)cc1n2C(c1ccccc1)C1CCOCC1.Cc1nnn(C)c1-c1cnc2c3cc(F)c([C@@](C)(O)C4CC4)cc3n([C@H](c3ccccc3)C3CCOCC3)c2c1. The Labute approximate surface area is 444 Å². The van der Waals surface area contributed by atoms with Crippen LogP contribution in [-0.2, 0) is 29.2 Å². The molecule has 1 unspecified atom stereocenters. The van der Waals surface area contributed by atoms with Crippen molar-refractivity contribution in [1.29, 1.82) is 0 Å². The Morgan fingerprint density at radius 3 is 1.48 bits per heavy atom. The maximum Gasteiger partial charge on any atom is 0.162 e. The molecule has 6 aromatic heterocycles. The summed E-state index contributed by atoms with van der Waals surface area (Å²) in [5, 5.41) is 29.8. The topological polar surface area (TPSA) is 153 Å². The Hall–Kier alpha value is -7.53. The van der Waals surface area contributed by atoms with Crippen molar-refractivity contribution < 1.29 is 28.2 Å². The van der Waals surface area contributed by atoms with E-state index in [0.717, 1.165) is 111 Å². The normalized spacial score (nSPS) is 17.2. The van der Waals surface area contributed by atoms with Gasteiger partial charge in [0.05, 0.1) is 79.1 Å². The van der Waals surface area contributed by atoms with Gasteiger partial charge in [-0.05, 0) is 131 Å². The molecule has 13 rings (SSSR count). The number of ketones is 1. The number of aliphatic hydroxyl groups is 1. The van der Waals surface area contributed by atoms with E-state index >= 15 is 8.78 Å². The van der Waals surface area contributed by atoms with Crippen molar-refractivity contribution in [3.8, 4) is 22.5 Å². The molecule has 4 aromatic carbocycles. The molecule has 3 atom stereocenters. The minimum Gasteiger partial charge on any atom is -0.385 e. The molecular weight excluding hydrogens is 975 g/mol. The van der Waals surface area contributed by atoms with Gasteiger partial charge in [0.1, 0.15) is 11.6 Å². The van der Waals surface area contributed by atoms with Gasteiger partial charge in [-0.15, -0.1) is 10.2 Å². The lowest BCUT2D eigenvalue weighted by Crippen LogP contribution is -2.27. The van der Waals surface area contributed by atoms with Crippen molar-refractivity contribution in [1.82, 2.24) is 49.1 Å². The van der Waals surface area contributed by atoms with Crippen molar-refractivity contribution in [3.05, 3.63) is 155 Å². The van der Waals surface area contributed by atoms with E-state index in [1.54, 1.807) is 34.6 Å². The zero-order chi connectivity index (χ0) is 53.3. The van der Waals surface area contributed by atoms with E-state index in [2.05, 4.69) is 78.3 Å². The zero-order valence-corrected chi connectivity index (χ0v) is 44.3. The monoisotopic (exact) mass is 1040 g/mol. The van der Waals surface area contributed by atoms with Crippen LogP contribution in [0.25, 0.3) is 66.4 Å². The molecule has 0 radical (unpaired) electrons. The van der Waals surface area contributed by atoms with Crippen LogP contribution in [0.2, 0.25) is 0 Å². The Morgan fingerprint density at radius 1 is 0.623 bits per heavy atom. The number of ether oxygens (including phenoxy) is 2. The van der Waals surface area contributed by atoms with Gasteiger partial charge >= 0.3 is 0 Å². The highest BCUT2D eigenvalue weighted by molar-refractivity contribution is 6.10. The molecule has 3 fully saturated rings. The number of hydrogen-bond donors (Lipinski definition) is 1. The lowest BCUT2D eigenvalue weighted by Gasteiger charge is -2.33. The summed E-state index contributed by atoms with van der Waals surface area (Å²) in [4.78, 5) is 22.1. The van der Waals surface area contributed by atoms with E-state index in [-0.39, 0.29) is 35.2 Å². The Balaban J connectivity index is 0.000000155. The molecule has 394 valence electrons. The lowest BCUT2D eigenvalue weighted by molar-refractivity contribution is 0.0296. The molecule has 0 bridgehead atoms. The molecule has 0 amide bonds. The Bertz CT molecular complexity index is 3810. The van der Waals surface area contributed by atoms with Gasteiger partial charge in [0.15, 0.2) is 5.78 Å². The van der Waals surface area contributed by atoms with Crippen LogP contribution in [0.15, 0.2) is 109 Å². The Morgan fingerprint density at radius 2 is 1.06 bits per heavy atom. The summed E-state index contributed by atoms with van der Waals surface area (Å²) in [6.07, 6.45) is 9.09. The molecule has 1 aliphatic carbocycles. The third kappa shape index (κ3) is 8.99. The second kappa shape index (κ2) is 20.1. The third-order valence-electron chi connectivity index (χ3n) is 16.6. The van der Waals surface area contributed by atoms with Crippen molar-refractivity contribution >= 4 is 49.7 Å². The minimum absolute atomic E-state index is 0.0166. The number of aryl methyl sites for hydroxylation is 4. The number of pyridine rings is 2. The van der Waals surface area contributed by atoms with Gasteiger partial charge in [0, 0.05) is 80.4 Å². The number of halogens is 2. The van der Waals surface area contributed by atoms with Crippen LogP contribution in [0.1, 0.15) is 103 Å². The van der Waals surface area contributed by atoms with E-state index in [4.69, 9.17) is 19.4 Å². The van der Waals surface area contributed by atoms with Crippen LogP contribution in [0.3, 0.4) is 0 Å². The zero-order valence-electron chi connectivity index (χ0n) is 44.3. The van der Waals surface area contributed by atoms with Crippen LogP contribution < -0.4 is 0 Å². The summed E-state index contributed by atoms with van der Waals surface area (Å²) in [6.45, 7) is 9.84. The quantitative estimate of drug-likeness (QED) is 0.124. The van der Waals surface area contributed by atoms with Crippen LogP contribution >= 0.6 is 0 Å². The highest BCUT2D eigenvalue weighted by atomic mass is 19.1. The standard InChI is InChI=1S/C32H34FN5O2.C29H28FN5O2/c1-19-30(37(3)36-35-19)22-15-28-29(34-18-22)24-16-26(33)25(32(2,39)23-9-10-23)17-27(24)38(28)31(20-7-5-4-6-8-20)21-11-13-40-14-12-21;1-17-28(34(3)33-32-17)21-13-26-27(31-16-21)23-14-24(30)22(18(2)36)15-25(23)35(26)29(19-7-5-4-6-8-19)20-9-11-37-12-10-20/h4-8,15-18,21,23,31,39H,9-14H2,1-3H3;4-8,13-16,20,29H,9-12H2,1-3H3/t31-,32+;/m1./s1. The molecule has 0 spiro atoms. The fourth-order valence-electron chi connectivity index (χ4n) is 12.6. The average molecular weight is 1040 g/mol.